The SMILES string of the molecule is CN1CCCC1CCNC(=O)C(Cc1cccs1)N(C)C(=O)C(Cc1ccc2ccccc2c1)N(C)C(=O)/C=C/CC1(N)CCC1. The van der Waals surface area contributed by atoms with E-state index in [-0.39, 0.29) is 23.3 Å². The van der Waals surface area contributed by atoms with Crippen molar-refractivity contribution >= 4 is 39.8 Å². The Morgan fingerprint density at radius 3 is 2.48 bits per heavy atom. The molecular weight excluding hydrogens is 595 g/mol. The molecule has 1 aliphatic heterocycles. The van der Waals surface area contributed by atoms with E-state index in [2.05, 4.69) is 29.4 Å². The molecule has 2 aliphatic rings. The minimum atomic E-state index is -0.801. The van der Waals surface area contributed by atoms with Crippen LogP contribution in [0.2, 0.25) is 0 Å². The van der Waals surface area contributed by atoms with Gasteiger partial charge in [0.25, 0.3) is 0 Å². The molecule has 0 spiro atoms. The van der Waals surface area contributed by atoms with Gasteiger partial charge < -0.3 is 25.8 Å². The van der Waals surface area contributed by atoms with Gasteiger partial charge in [0.1, 0.15) is 12.1 Å². The molecule has 8 nitrogen and oxygen atoms in total. The van der Waals surface area contributed by atoms with Crippen LogP contribution in [0.15, 0.2) is 72.1 Å². The second kappa shape index (κ2) is 15.4. The van der Waals surface area contributed by atoms with Crippen molar-refractivity contribution in [2.24, 2.45) is 5.73 Å². The van der Waals surface area contributed by atoms with Crippen LogP contribution in [-0.4, -0.2) is 90.3 Å². The maximum Gasteiger partial charge on any atom is 0.246 e. The van der Waals surface area contributed by atoms with Gasteiger partial charge in [-0.25, -0.2) is 0 Å². The quantitative estimate of drug-likeness (QED) is 0.247. The number of thiophene rings is 1. The van der Waals surface area contributed by atoms with Gasteiger partial charge in [-0.1, -0.05) is 54.6 Å². The lowest BCUT2D eigenvalue weighted by molar-refractivity contribution is -0.146. The minimum Gasteiger partial charge on any atom is -0.354 e. The van der Waals surface area contributed by atoms with E-state index in [9.17, 15) is 14.4 Å². The van der Waals surface area contributed by atoms with Gasteiger partial charge in [0, 0.05) is 49.9 Å². The molecule has 46 heavy (non-hydrogen) atoms. The first kappa shape index (κ1) is 33.8. The Kier molecular flexibility index (Phi) is 11.3. The van der Waals surface area contributed by atoms with Gasteiger partial charge in [-0.3, -0.25) is 14.4 Å². The highest BCUT2D eigenvalue weighted by atomic mass is 32.1. The van der Waals surface area contributed by atoms with E-state index in [1.807, 2.05) is 53.9 Å². The standard InChI is InChI=1S/C37H49N5O3S/c1-40-22-7-12-30(40)17-21-39-35(44)32(26-31-13-8-23-46-31)42(3)36(45)33(25-27-15-16-28-10-4-5-11-29(28)24-27)41(2)34(43)14-6-18-37(38)19-9-20-37/h4-6,8,10-11,13-16,23-24,30,32-33H,7,9,12,17-22,25-26,38H2,1-3H3,(H,39,44)/b14-6+. The van der Waals surface area contributed by atoms with E-state index in [1.54, 1.807) is 36.4 Å². The van der Waals surface area contributed by atoms with Crippen molar-refractivity contribution in [1.82, 2.24) is 20.0 Å². The summed E-state index contributed by atoms with van der Waals surface area (Å²) in [6.07, 6.45) is 11.0. The molecule has 3 unspecified atom stereocenters. The van der Waals surface area contributed by atoms with Crippen LogP contribution in [0.5, 0.6) is 0 Å². The van der Waals surface area contributed by atoms with E-state index in [0.29, 0.717) is 31.8 Å². The van der Waals surface area contributed by atoms with Gasteiger partial charge in [0.15, 0.2) is 0 Å². The molecule has 1 aromatic heterocycles. The third kappa shape index (κ3) is 8.43. The number of fused-ring (bicyclic) bond motifs is 1. The molecule has 246 valence electrons. The molecule has 3 amide bonds. The summed E-state index contributed by atoms with van der Waals surface area (Å²) in [5.41, 5.74) is 7.10. The van der Waals surface area contributed by atoms with Crippen LogP contribution >= 0.6 is 11.3 Å². The zero-order valence-corrected chi connectivity index (χ0v) is 28.3. The highest BCUT2D eigenvalue weighted by Gasteiger charge is 2.35. The lowest BCUT2D eigenvalue weighted by Gasteiger charge is -2.37. The lowest BCUT2D eigenvalue weighted by Crippen LogP contribution is -2.56. The van der Waals surface area contributed by atoms with Gasteiger partial charge in [0.05, 0.1) is 0 Å². The first-order valence-electron chi connectivity index (χ1n) is 16.6. The number of likely N-dealkylation sites (tertiary alicyclic amines) is 1. The molecule has 3 N–H and O–H groups in total. The summed E-state index contributed by atoms with van der Waals surface area (Å²) in [4.78, 5) is 48.2. The fraction of sp³-hybridized carbons (Fsp3) is 0.486. The number of nitrogens with two attached hydrogens (primary N) is 1. The predicted molar refractivity (Wildman–Crippen MR) is 187 cm³/mol. The Balaban J connectivity index is 1.36. The van der Waals surface area contributed by atoms with Crippen LogP contribution < -0.4 is 11.1 Å². The largest absolute Gasteiger partial charge is 0.354 e. The number of carbonyl (C=O) groups excluding carboxylic acids is 3. The molecule has 3 atom stereocenters. The maximum absolute atomic E-state index is 14.5. The average Bonchev–Trinajstić information content (AvgIpc) is 3.72. The summed E-state index contributed by atoms with van der Waals surface area (Å²) < 4.78 is 0. The van der Waals surface area contributed by atoms with Crippen molar-refractivity contribution in [3.63, 3.8) is 0 Å². The van der Waals surface area contributed by atoms with E-state index >= 15 is 0 Å². The molecule has 2 aromatic carbocycles. The molecule has 1 saturated carbocycles. The van der Waals surface area contributed by atoms with Crippen molar-refractivity contribution in [2.75, 3.05) is 34.2 Å². The van der Waals surface area contributed by atoms with Crippen molar-refractivity contribution in [3.8, 4) is 0 Å². The van der Waals surface area contributed by atoms with Crippen LogP contribution in [0, 0.1) is 0 Å². The molecule has 5 rings (SSSR count). The maximum atomic E-state index is 14.5. The first-order valence-corrected chi connectivity index (χ1v) is 17.5. The number of rotatable bonds is 14. The van der Waals surface area contributed by atoms with Gasteiger partial charge in [-0.05, 0) is 92.4 Å². The summed E-state index contributed by atoms with van der Waals surface area (Å²) in [6.45, 7) is 1.65. The number of amides is 3. The molecule has 3 aromatic rings. The highest BCUT2D eigenvalue weighted by molar-refractivity contribution is 7.09. The molecule has 1 aliphatic carbocycles. The topological polar surface area (TPSA) is 99.0 Å². The van der Waals surface area contributed by atoms with Crippen molar-refractivity contribution in [3.05, 3.63) is 82.6 Å². The van der Waals surface area contributed by atoms with E-state index in [1.165, 1.54) is 11.3 Å². The Hall–Kier alpha value is -3.53. The van der Waals surface area contributed by atoms with Gasteiger partial charge >= 0.3 is 0 Å². The Labute approximate surface area is 277 Å². The second-order valence-corrected chi connectivity index (χ2v) is 14.3. The lowest BCUT2D eigenvalue weighted by atomic mass is 9.75. The molecule has 2 fully saturated rings. The summed E-state index contributed by atoms with van der Waals surface area (Å²) in [5, 5.41) is 7.31. The Morgan fingerprint density at radius 2 is 1.80 bits per heavy atom. The number of nitrogens with one attached hydrogen (secondary N) is 1. The first-order chi connectivity index (χ1) is 22.1. The summed E-state index contributed by atoms with van der Waals surface area (Å²) in [7, 11) is 5.51. The minimum absolute atomic E-state index is 0.169. The predicted octanol–water partition coefficient (Wildman–Crippen LogP) is 4.77. The average molecular weight is 644 g/mol. The summed E-state index contributed by atoms with van der Waals surface area (Å²) in [6, 6.07) is 17.2. The molecular formula is C37H49N5O3S. The third-order valence-electron chi connectivity index (χ3n) is 10.0. The Bertz CT molecular complexity index is 1520. The van der Waals surface area contributed by atoms with Crippen LogP contribution in [0.4, 0.5) is 0 Å². The van der Waals surface area contributed by atoms with Gasteiger partial charge in [-0.2, -0.15) is 0 Å². The summed E-state index contributed by atoms with van der Waals surface area (Å²) in [5.74, 6) is -0.689. The van der Waals surface area contributed by atoms with E-state index < -0.39 is 12.1 Å². The molecule has 2 heterocycles. The molecule has 9 heteroatoms. The molecule has 1 saturated heterocycles. The highest BCUT2D eigenvalue weighted by Crippen LogP contribution is 2.32. The Morgan fingerprint density at radius 1 is 1.02 bits per heavy atom. The number of benzene rings is 2. The smallest absolute Gasteiger partial charge is 0.246 e. The number of hydrogen-bond donors (Lipinski definition) is 2. The van der Waals surface area contributed by atoms with Crippen LogP contribution in [0.3, 0.4) is 0 Å². The van der Waals surface area contributed by atoms with Gasteiger partial charge in [-0.15, -0.1) is 11.3 Å². The number of likely N-dealkylation sites (N-methyl/N-ethyl adjacent to an activating group) is 2. The number of hydrogen-bond acceptors (Lipinski definition) is 6. The van der Waals surface area contributed by atoms with Crippen LogP contribution in [-0.2, 0) is 27.2 Å². The van der Waals surface area contributed by atoms with E-state index in [4.69, 9.17) is 5.73 Å². The fourth-order valence-electron chi connectivity index (χ4n) is 6.72. The van der Waals surface area contributed by atoms with Gasteiger partial charge in [0.2, 0.25) is 17.7 Å². The third-order valence-corrected chi connectivity index (χ3v) is 10.9. The monoisotopic (exact) mass is 643 g/mol. The van der Waals surface area contributed by atoms with Crippen LogP contribution in [0.25, 0.3) is 10.8 Å². The fourth-order valence-corrected chi connectivity index (χ4v) is 7.46. The van der Waals surface area contributed by atoms with E-state index in [0.717, 1.165) is 59.9 Å². The van der Waals surface area contributed by atoms with Crippen molar-refractivity contribution in [2.45, 2.75) is 81.5 Å². The summed E-state index contributed by atoms with van der Waals surface area (Å²) >= 11 is 1.57. The zero-order valence-electron chi connectivity index (χ0n) is 27.5. The zero-order chi connectivity index (χ0) is 32.7. The molecule has 0 bridgehead atoms. The van der Waals surface area contributed by atoms with Crippen LogP contribution in [0.1, 0.15) is 55.4 Å². The molecule has 0 radical (unpaired) electrons. The van der Waals surface area contributed by atoms with Crippen molar-refractivity contribution in [1.29, 1.82) is 0 Å². The number of nitrogens with zero attached hydrogens (tertiary/aromatic N) is 3. The number of carbonyl (C=O) groups is 3. The second-order valence-electron chi connectivity index (χ2n) is 13.3. The van der Waals surface area contributed by atoms with Crippen molar-refractivity contribution < 1.29 is 14.4 Å². The normalized spacial score (nSPS) is 19.1.